The van der Waals surface area contributed by atoms with E-state index >= 15 is 0 Å². The molecule has 2 atom stereocenters. The Bertz CT molecular complexity index is 288. The molecule has 0 saturated carbocycles. The Balaban J connectivity index is 2.57. The zero-order chi connectivity index (χ0) is 11.3. The number of hydrogen-bond acceptors (Lipinski definition) is 4. The predicted molar refractivity (Wildman–Crippen MR) is 63.1 cm³/mol. The first kappa shape index (κ1) is 12.6. The lowest BCUT2D eigenvalue weighted by Crippen LogP contribution is -2.34. The molecule has 0 radical (unpaired) electrons. The number of rotatable bonds is 6. The maximum absolute atomic E-state index is 9.28. The molecule has 2 unspecified atom stereocenters. The van der Waals surface area contributed by atoms with Crippen molar-refractivity contribution in [2.75, 3.05) is 6.61 Å². The van der Waals surface area contributed by atoms with Crippen LogP contribution >= 0.6 is 11.8 Å². The number of aliphatic hydroxyl groups is 1. The Morgan fingerprint density at radius 1 is 1.60 bits per heavy atom. The van der Waals surface area contributed by atoms with Crippen LogP contribution in [0.15, 0.2) is 21.6 Å². The third-order valence-electron chi connectivity index (χ3n) is 2.37. The maximum Gasteiger partial charge on any atom is 0.114 e. The van der Waals surface area contributed by atoms with E-state index in [9.17, 15) is 5.11 Å². The highest BCUT2D eigenvalue weighted by Gasteiger charge is 2.19. The average Bonchev–Trinajstić information content (AvgIpc) is 2.61. The van der Waals surface area contributed by atoms with Gasteiger partial charge in [0.1, 0.15) is 5.76 Å². The fraction of sp³-hybridized carbons (Fsp3) is 0.636. The van der Waals surface area contributed by atoms with E-state index in [1.54, 1.807) is 18.0 Å². The zero-order valence-corrected chi connectivity index (χ0v) is 10.1. The molecule has 1 aromatic heterocycles. The molecule has 0 saturated heterocycles. The smallest absolute Gasteiger partial charge is 0.114 e. The predicted octanol–water partition coefficient (Wildman–Crippen LogP) is 2.17. The molecule has 1 heterocycles. The second kappa shape index (κ2) is 6.20. The molecule has 3 nitrogen and oxygen atoms in total. The SMILES string of the molecule is CCCC(N)C(CO)Sc1ccoc1C. The molecular weight excluding hydrogens is 210 g/mol. The number of furan rings is 1. The van der Waals surface area contributed by atoms with Crippen molar-refractivity contribution in [3.8, 4) is 0 Å². The van der Waals surface area contributed by atoms with Gasteiger partial charge in [0.05, 0.1) is 12.9 Å². The quantitative estimate of drug-likeness (QED) is 0.734. The Morgan fingerprint density at radius 2 is 2.33 bits per heavy atom. The Morgan fingerprint density at radius 3 is 2.80 bits per heavy atom. The molecule has 15 heavy (non-hydrogen) atoms. The molecule has 0 aliphatic rings. The zero-order valence-electron chi connectivity index (χ0n) is 9.27. The minimum Gasteiger partial charge on any atom is -0.468 e. The monoisotopic (exact) mass is 229 g/mol. The van der Waals surface area contributed by atoms with E-state index in [1.165, 1.54) is 0 Å². The summed E-state index contributed by atoms with van der Waals surface area (Å²) in [6.07, 6.45) is 3.65. The number of nitrogens with two attached hydrogens (primary N) is 1. The fourth-order valence-electron chi connectivity index (χ4n) is 1.44. The van der Waals surface area contributed by atoms with Gasteiger partial charge in [0, 0.05) is 16.2 Å². The average molecular weight is 229 g/mol. The number of thioether (sulfide) groups is 1. The first-order chi connectivity index (χ1) is 7.19. The van der Waals surface area contributed by atoms with Gasteiger partial charge in [-0.3, -0.25) is 0 Å². The first-order valence-electron chi connectivity index (χ1n) is 5.26. The highest BCUT2D eigenvalue weighted by molar-refractivity contribution is 8.00. The number of aliphatic hydroxyl groups excluding tert-OH is 1. The van der Waals surface area contributed by atoms with Gasteiger partial charge in [0.15, 0.2) is 0 Å². The van der Waals surface area contributed by atoms with Crippen molar-refractivity contribution in [1.82, 2.24) is 0 Å². The van der Waals surface area contributed by atoms with Crippen LogP contribution in [0.1, 0.15) is 25.5 Å². The standard InChI is InChI=1S/C11H19NO2S/c1-3-4-9(12)11(7-13)15-10-5-6-14-8(10)2/h5-6,9,11,13H,3-4,7,12H2,1-2H3. The van der Waals surface area contributed by atoms with E-state index in [2.05, 4.69) is 6.92 Å². The summed E-state index contributed by atoms with van der Waals surface area (Å²) in [7, 11) is 0. The third kappa shape index (κ3) is 3.55. The van der Waals surface area contributed by atoms with E-state index in [0.29, 0.717) is 0 Å². The van der Waals surface area contributed by atoms with Gasteiger partial charge in [0.2, 0.25) is 0 Å². The molecule has 1 aromatic rings. The highest BCUT2D eigenvalue weighted by atomic mass is 32.2. The first-order valence-corrected chi connectivity index (χ1v) is 6.14. The number of aryl methyl sites for hydroxylation is 1. The summed E-state index contributed by atoms with van der Waals surface area (Å²) >= 11 is 1.60. The van der Waals surface area contributed by atoms with Gasteiger partial charge in [-0.2, -0.15) is 0 Å². The van der Waals surface area contributed by atoms with E-state index in [0.717, 1.165) is 23.5 Å². The minimum absolute atomic E-state index is 0.0410. The summed E-state index contributed by atoms with van der Waals surface area (Å²) < 4.78 is 5.21. The van der Waals surface area contributed by atoms with Crippen LogP contribution in [0.3, 0.4) is 0 Å². The van der Waals surface area contributed by atoms with Crippen molar-refractivity contribution in [2.24, 2.45) is 5.73 Å². The molecule has 3 N–H and O–H groups in total. The molecule has 0 aromatic carbocycles. The lowest BCUT2D eigenvalue weighted by atomic mass is 10.1. The van der Waals surface area contributed by atoms with Gasteiger partial charge in [-0.15, -0.1) is 11.8 Å². The third-order valence-corrected chi connectivity index (χ3v) is 3.85. The van der Waals surface area contributed by atoms with Gasteiger partial charge < -0.3 is 15.3 Å². The van der Waals surface area contributed by atoms with Crippen LogP contribution in [-0.2, 0) is 0 Å². The molecule has 4 heteroatoms. The van der Waals surface area contributed by atoms with Gasteiger partial charge >= 0.3 is 0 Å². The molecular formula is C11H19NO2S. The van der Waals surface area contributed by atoms with Crippen LogP contribution in [-0.4, -0.2) is 23.0 Å². The van der Waals surface area contributed by atoms with Gasteiger partial charge in [-0.1, -0.05) is 13.3 Å². The molecule has 0 spiro atoms. The molecule has 0 amide bonds. The van der Waals surface area contributed by atoms with Crippen molar-refractivity contribution in [3.63, 3.8) is 0 Å². The summed E-state index contributed by atoms with van der Waals surface area (Å²) in [4.78, 5) is 1.07. The Kier molecular flexibility index (Phi) is 5.22. The van der Waals surface area contributed by atoms with Crippen LogP contribution < -0.4 is 5.73 Å². The second-order valence-electron chi connectivity index (χ2n) is 3.63. The molecule has 86 valence electrons. The van der Waals surface area contributed by atoms with Crippen molar-refractivity contribution in [2.45, 2.75) is 42.9 Å². The van der Waals surface area contributed by atoms with Crippen molar-refractivity contribution in [1.29, 1.82) is 0 Å². The van der Waals surface area contributed by atoms with Crippen molar-refractivity contribution < 1.29 is 9.52 Å². The van der Waals surface area contributed by atoms with Gasteiger partial charge in [-0.25, -0.2) is 0 Å². The minimum atomic E-state index is 0.0410. The fourth-order valence-corrected chi connectivity index (χ4v) is 2.50. The largest absolute Gasteiger partial charge is 0.468 e. The summed E-state index contributed by atoms with van der Waals surface area (Å²) in [6, 6.07) is 1.96. The summed E-state index contributed by atoms with van der Waals surface area (Å²) in [5.74, 6) is 0.891. The lowest BCUT2D eigenvalue weighted by molar-refractivity contribution is 0.279. The van der Waals surface area contributed by atoms with E-state index in [1.807, 2.05) is 13.0 Å². The molecule has 0 fully saturated rings. The van der Waals surface area contributed by atoms with Gasteiger partial charge in [-0.05, 0) is 19.4 Å². The normalized spacial score (nSPS) is 15.2. The van der Waals surface area contributed by atoms with Crippen molar-refractivity contribution in [3.05, 3.63) is 18.1 Å². The van der Waals surface area contributed by atoms with Crippen LogP contribution in [0.25, 0.3) is 0 Å². The van der Waals surface area contributed by atoms with E-state index in [-0.39, 0.29) is 17.9 Å². The Hall–Kier alpha value is -0.450. The van der Waals surface area contributed by atoms with E-state index in [4.69, 9.17) is 10.2 Å². The summed E-state index contributed by atoms with van der Waals surface area (Å²) in [5, 5.41) is 9.34. The van der Waals surface area contributed by atoms with Crippen LogP contribution in [0.4, 0.5) is 0 Å². The van der Waals surface area contributed by atoms with Gasteiger partial charge in [0.25, 0.3) is 0 Å². The van der Waals surface area contributed by atoms with E-state index < -0.39 is 0 Å². The maximum atomic E-state index is 9.28. The molecule has 1 rings (SSSR count). The van der Waals surface area contributed by atoms with Crippen molar-refractivity contribution >= 4 is 11.8 Å². The molecule has 0 aliphatic carbocycles. The molecule has 0 aliphatic heterocycles. The van der Waals surface area contributed by atoms with Crippen LogP contribution in [0, 0.1) is 6.92 Å². The molecule has 0 bridgehead atoms. The van der Waals surface area contributed by atoms with Crippen LogP contribution in [0.2, 0.25) is 0 Å². The Labute approximate surface area is 95.0 Å². The second-order valence-corrected chi connectivity index (χ2v) is 4.91. The summed E-state index contributed by atoms with van der Waals surface area (Å²) in [6.45, 7) is 4.13. The van der Waals surface area contributed by atoms with Crippen LogP contribution in [0.5, 0.6) is 0 Å². The lowest BCUT2D eigenvalue weighted by Gasteiger charge is -2.20. The summed E-state index contributed by atoms with van der Waals surface area (Å²) in [5.41, 5.74) is 5.99. The number of hydrogen-bond donors (Lipinski definition) is 2. The topological polar surface area (TPSA) is 59.4 Å². The highest BCUT2D eigenvalue weighted by Crippen LogP contribution is 2.29.